The van der Waals surface area contributed by atoms with Gasteiger partial charge in [0, 0.05) is 19.3 Å². The third kappa shape index (κ3) is 4.59. The van der Waals surface area contributed by atoms with Gasteiger partial charge in [0.05, 0.1) is 12.7 Å². The molecule has 0 saturated carbocycles. The zero-order valence-corrected chi connectivity index (χ0v) is 12.0. The molecule has 1 aliphatic rings. The quantitative estimate of drug-likeness (QED) is 0.887. The van der Waals surface area contributed by atoms with E-state index in [0.29, 0.717) is 0 Å². The maximum Gasteiger partial charge on any atom is 0.0536 e. The molecule has 5 heteroatoms. The topological polar surface area (TPSA) is 47.1 Å². The standard InChI is InChI=1S/C13H24N4.ClH/c1-12-9-15-17(10-12)8-7-16-6-2-3-13(11-16)4-5-14;/h9-10,13H,2-8,11,14H2,1H3;1H. The molecule has 0 amide bonds. The number of hydrogen-bond acceptors (Lipinski definition) is 3. The van der Waals surface area contributed by atoms with Crippen LogP contribution in [0, 0.1) is 12.8 Å². The molecule has 1 fully saturated rings. The van der Waals surface area contributed by atoms with E-state index in [0.717, 1.165) is 25.6 Å². The van der Waals surface area contributed by atoms with Crippen molar-refractivity contribution >= 4 is 12.4 Å². The van der Waals surface area contributed by atoms with Crippen LogP contribution in [0.4, 0.5) is 0 Å². The van der Waals surface area contributed by atoms with E-state index in [1.807, 2.05) is 10.9 Å². The summed E-state index contributed by atoms with van der Waals surface area (Å²) in [4.78, 5) is 2.56. The maximum absolute atomic E-state index is 5.64. The second kappa shape index (κ2) is 7.77. The summed E-state index contributed by atoms with van der Waals surface area (Å²) in [6.45, 7) is 7.49. The summed E-state index contributed by atoms with van der Waals surface area (Å²) in [5.74, 6) is 0.813. The zero-order chi connectivity index (χ0) is 12.1. The Balaban J connectivity index is 0.00000162. The van der Waals surface area contributed by atoms with Crippen molar-refractivity contribution in [3.63, 3.8) is 0 Å². The van der Waals surface area contributed by atoms with Crippen LogP contribution in [0.2, 0.25) is 0 Å². The first-order valence-corrected chi connectivity index (χ1v) is 6.69. The van der Waals surface area contributed by atoms with Crippen molar-refractivity contribution in [2.24, 2.45) is 11.7 Å². The molecule has 0 bridgehead atoms. The maximum atomic E-state index is 5.64. The molecule has 1 aromatic rings. The monoisotopic (exact) mass is 272 g/mol. The van der Waals surface area contributed by atoms with E-state index < -0.39 is 0 Å². The molecule has 2 rings (SSSR count). The van der Waals surface area contributed by atoms with Gasteiger partial charge in [0.25, 0.3) is 0 Å². The van der Waals surface area contributed by atoms with Gasteiger partial charge >= 0.3 is 0 Å². The molecule has 0 spiro atoms. The van der Waals surface area contributed by atoms with Crippen molar-refractivity contribution in [3.05, 3.63) is 18.0 Å². The third-order valence-corrected chi connectivity index (χ3v) is 3.59. The Labute approximate surface area is 116 Å². The van der Waals surface area contributed by atoms with Crippen LogP contribution in [-0.4, -0.2) is 40.9 Å². The van der Waals surface area contributed by atoms with Crippen molar-refractivity contribution in [3.8, 4) is 0 Å². The Morgan fingerprint density at radius 3 is 2.94 bits per heavy atom. The molecule has 0 aromatic carbocycles. The van der Waals surface area contributed by atoms with Crippen molar-refractivity contribution in [2.45, 2.75) is 32.7 Å². The van der Waals surface area contributed by atoms with E-state index in [-0.39, 0.29) is 12.4 Å². The normalized spacial score (nSPS) is 20.7. The summed E-state index contributed by atoms with van der Waals surface area (Å²) < 4.78 is 2.04. The molecule has 18 heavy (non-hydrogen) atoms. The molecule has 0 radical (unpaired) electrons. The lowest BCUT2D eigenvalue weighted by Crippen LogP contribution is -2.38. The van der Waals surface area contributed by atoms with Crippen LogP contribution in [0.1, 0.15) is 24.8 Å². The van der Waals surface area contributed by atoms with Crippen molar-refractivity contribution in [1.82, 2.24) is 14.7 Å². The fourth-order valence-electron chi connectivity index (χ4n) is 2.66. The number of hydrogen-bond donors (Lipinski definition) is 1. The molecule has 1 aromatic heterocycles. The van der Waals surface area contributed by atoms with Gasteiger partial charge in [-0.15, -0.1) is 12.4 Å². The predicted octanol–water partition coefficient (Wildman–Crippen LogP) is 1.67. The highest BCUT2D eigenvalue weighted by molar-refractivity contribution is 5.85. The number of aromatic nitrogens is 2. The first-order chi connectivity index (χ1) is 8.28. The Kier molecular flexibility index (Phi) is 6.68. The summed E-state index contributed by atoms with van der Waals surface area (Å²) in [6, 6.07) is 0. The summed E-state index contributed by atoms with van der Waals surface area (Å²) in [7, 11) is 0. The molecular formula is C13H25ClN4. The van der Waals surface area contributed by atoms with Gasteiger partial charge < -0.3 is 10.6 Å². The Bertz CT molecular complexity index is 337. The highest BCUT2D eigenvalue weighted by atomic mass is 35.5. The molecule has 1 aliphatic heterocycles. The van der Waals surface area contributed by atoms with E-state index in [1.165, 1.54) is 37.9 Å². The first kappa shape index (κ1) is 15.5. The van der Waals surface area contributed by atoms with Crippen LogP contribution in [0.3, 0.4) is 0 Å². The average Bonchev–Trinajstić information content (AvgIpc) is 2.74. The SMILES string of the molecule is Cc1cnn(CCN2CCCC(CCN)C2)c1.Cl. The highest BCUT2D eigenvalue weighted by Crippen LogP contribution is 2.18. The van der Waals surface area contributed by atoms with Crippen molar-refractivity contribution in [1.29, 1.82) is 0 Å². The average molecular weight is 273 g/mol. The van der Waals surface area contributed by atoms with Crippen LogP contribution < -0.4 is 5.73 Å². The predicted molar refractivity (Wildman–Crippen MR) is 77.0 cm³/mol. The van der Waals surface area contributed by atoms with Crippen LogP contribution in [0.5, 0.6) is 0 Å². The summed E-state index contributed by atoms with van der Waals surface area (Å²) >= 11 is 0. The lowest BCUT2D eigenvalue weighted by molar-refractivity contribution is 0.163. The molecule has 0 aliphatic carbocycles. The van der Waals surface area contributed by atoms with Gasteiger partial charge in [-0.2, -0.15) is 5.10 Å². The van der Waals surface area contributed by atoms with Gasteiger partial charge in [0.2, 0.25) is 0 Å². The lowest BCUT2D eigenvalue weighted by atomic mass is 9.95. The van der Waals surface area contributed by atoms with Gasteiger partial charge in [-0.1, -0.05) is 0 Å². The smallest absolute Gasteiger partial charge is 0.0536 e. The van der Waals surface area contributed by atoms with Crippen molar-refractivity contribution < 1.29 is 0 Å². The van der Waals surface area contributed by atoms with E-state index in [9.17, 15) is 0 Å². The van der Waals surface area contributed by atoms with Gasteiger partial charge in [0.15, 0.2) is 0 Å². The number of nitrogens with two attached hydrogens (primary N) is 1. The van der Waals surface area contributed by atoms with E-state index in [1.54, 1.807) is 0 Å². The molecular weight excluding hydrogens is 248 g/mol. The largest absolute Gasteiger partial charge is 0.330 e. The Hall–Kier alpha value is -0.580. The van der Waals surface area contributed by atoms with E-state index >= 15 is 0 Å². The van der Waals surface area contributed by atoms with Gasteiger partial charge in [-0.3, -0.25) is 4.68 Å². The number of halogens is 1. The first-order valence-electron chi connectivity index (χ1n) is 6.69. The second-order valence-electron chi connectivity index (χ2n) is 5.17. The summed E-state index contributed by atoms with van der Waals surface area (Å²) in [6.07, 6.45) is 7.89. The Morgan fingerprint density at radius 2 is 2.28 bits per heavy atom. The molecule has 104 valence electrons. The lowest BCUT2D eigenvalue weighted by Gasteiger charge is -2.32. The summed E-state index contributed by atoms with van der Waals surface area (Å²) in [5, 5.41) is 4.33. The van der Waals surface area contributed by atoms with E-state index in [2.05, 4.69) is 23.1 Å². The van der Waals surface area contributed by atoms with Gasteiger partial charge in [0.1, 0.15) is 0 Å². The highest BCUT2D eigenvalue weighted by Gasteiger charge is 2.18. The minimum absolute atomic E-state index is 0. The molecule has 2 N–H and O–H groups in total. The van der Waals surface area contributed by atoms with Crippen LogP contribution in [0.25, 0.3) is 0 Å². The number of piperidine rings is 1. The van der Waals surface area contributed by atoms with Crippen LogP contribution in [-0.2, 0) is 6.54 Å². The number of aryl methyl sites for hydroxylation is 1. The van der Waals surface area contributed by atoms with Gasteiger partial charge in [-0.05, 0) is 50.8 Å². The van der Waals surface area contributed by atoms with E-state index in [4.69, 9.17) is 5.73 Å². The zero-order valence-electron chi connectivity index (χ0n) is 11.2. The fraction of sp³-hybridized carbons (Fsp3) is 0.769. The third-order valence-electron chi connectivity index (χ3n) is 3.59. The molecule has 1 unspecified atom stereocenters. The minimum atomic E-state index is 0. The number of nitrogens with zero attached hydrogens (tertiary/aromatic N) is 3. The van der Waals surface area contributed by atoms with Crippen LogP contribution >= 0.6 is 12.4 Å². The van der Waals surface area contributed by atoms with Crippen molar-refractivity contribution in [2.75, 3.05) is 26.2 Å². The summed E-state index contributed by atoms with van der Waals surface area (Å²) in [5.41, 5.74) is 6.88. The second-order valence-corrected chi connectivity index (χ2v) is 5.17. The van der Waals surface area contributed by atoms with Crippen LogP contribution in [0.15, 0.2) is 12.4 Å². The number of rotatable bonds is 5. The minimum Gasteiger partial charge on any atom is -0.330 e. The fourth-order valence-corrected chi connectivity index (χ4v) is 2.66. The molecule has 2 heterocycles. The number of likely N-dealkylation sites (tertiary alicyclic amines) is 1. The molecule has 1 atom stereocenters. The van der Waals surface area contributed by atoms with Gasteiger partial charge in [-0.25, -0.2) is 0 Å². The Morgan fingerprint density at radius 1 is 1.44 bits per heavy atom. The molecule has 1 saturated heterocycles. The molecule has 4 nitrogen and oxygen atoms in total.